The smallest absolute Gasteiger partial charge is 0.119 e. The van der Waals surface area contributed by atoms with Gasteiger partial charge in [-0.15, -0.1) is 23.2 Å². The van der Waals surface area contributed by atoms with E-state index in [-0.39, 0.29) is 18.4 Å². The van der Waals surface area contributed by atoms with Gasteiger partial charge in [0.05, 0.1) is 17.9 Å². The maximum atomic E-state index is 9.29. The van der Waals surface area contributed by atoms with Gasteiger partial charge in [0.1, 0.15) is 18.5 Å². The molecule has 2 unspecified atom stereocenters. The molecule has 0 aliphatic carbocycles. The lowest BCUT2D eigenvalue weighted by molar-refractivity contribution is 0.125. The third-order valence-corrected chi connectivity index (χ3v) is 2.91. The van der Waals surface area contributed by atoms with Crippen LogP contribution >= 0.6 is 23.2 Å². The molecule has 0 bridgehead atoms. The number of aliphatic hydroxyl groups excluding tert-OH is 2. The van der Waals surface area contributed by atoms with E-state index < -0.39 is 12.2 Å². The highest BCUT2D eigenvalue weighted by Crippen LogP contribution is 2.16. The average Bonchev–Trinajstić information content (AvgIpc) is 2.43. The van der Waals surface area contributed by atoms with E-state index >= 15 is 0 Å². The molecule has 6 heteroatoms. The molecule has 0 aliphatic rings. The summed E-state index contributed by atoms with van der Waals surface area (Å²) in [4.78, 5) is 0. The maximum Gasteiger partial charge on any atom is 0.119 e. The van der Waals surface area contributed by atoms with Gasteiger partial charge in [0.15, 0.2) is 0 Å². The fraction of sp³-hybridized carbons (Fsp3) is 0.500. The molecule has 0 fully saturated rings. The molecule has 2 atom stereocenters. The molecule has 1 rings (SSSR count). The second kappa shape index (κ2) is 8.43. The quantitative estimate of drug-likeness (QED) is 0.638. The topological polar surface area (TPSA) is 61.7 Å². The Morgan fingerprint density at radius 2 is 1.67 bits per heavy atom. The van der Waals surface area contributed by atoms with Crippen molar-refractivity contribution in [2.24, 2.45) is 0 Å². The summed E-state index contributed by atoms with van der Waals surface area (Å²) in [5, 5.41) is 21.6. The van der Waals surface area contributed by atoms with E-state index in [0.29, 0.717) is 12.3 Å². The summed E-state index contributed by atoms with van der Waals surface area (Å²) in [6, 6.07) is 7.19. The molecule has 0 amide bonds. The molecule has 0 heterocycles. The van der Waals surface area contributed by atoms with Crippen molar-refractivity contribution in [3.05, 3.63) is 24.3 Å². The Morgan fingerprint density at radius 3 is 2.22 bits per heavy atom. The number of alkyl halides is 2. The van der Waals surface area contributed by atoms with Gasteiger partial charge in [0.25, 0.3) is 0 Å². The number of nitrogens with one attached hydrogen (secondary N) is 1. The van der Waals surface area contributed by atoms with Crippen LogP contribution in [-0.4, -0.2) is 47.3 Å². The van der Waals surface area contributed by atoms with Crippen LogP contribution < -0.4 is 10.1 Å². The second-order valence-electron chi connectivity index (χ2n) is 3.83. The molecule has 1 aromatic rings. The van der Waals surface area contributed by atoms with Crippen molar-refractivity contribution in [3.63, 3.8) is 0 Å². The van der Waals surface area contributed by atoms with Gasteiger partial charge in [-0.3, -0.25) is 0 Å². The standard InChI is InChI=1S/C12H17Cl2NO3/c13-5-10(16)7-15-9-1-3-12(4-2-9)18-8-11(17)6-14/h1-4,10-11,15-17H,5-8H2. The maximum absolute atomic E-state index is 9.29. The normalized spacial score (nSPS) is 14.0. The predicted octanol–water partition coefficient (Wildman–Crippen LogP) is 1.68. The molecule has 0 spiro atoms. The number of ether oxygens (including phenoxy) is 1. The highest BCUT2D eigenvalue weighted by atomic mass is 35.5. The van der Waals surface area contributed by atoms with Crippen LogP contribution in [0.4, 0.5) is 5.69 Å². The molecule has 0 saturated carbocycles. The minimum Gasteiger partial charge on any atom is -0.491 e. The van der Waals surface area contributed by atoms with Crippen LogP contribution in [0, 0.1) is 0 Å². The van der Waals surface area contributed by atoms with Crippen LogP contribution in [0.25, 0.3) is 0 Å². The number of halogens is 2. The van der Waals surface area contributed by atoms with E-state index in [1.165, 1.54) is 0 Å². The summed E-state index contributed by atoms with van der Waals surface area (Å²) in [6.45, 7) is 0.565. The van der Waals surface area contributed by atoms with Crippen molar-refractivity contribution < 1.29 is 14.9 Å². The average molecular weight is 294 g/mol. The second-order valence-corrected chi connectivity index (χ2v) is 4.45. The Balaban J connectivity index is 2.37. The molecular formula is C12H17Cl2NO3. The molecule has 102 valence electrons. The van der Waals surface area contributed by atoms with Crippen molar-refractivity contribution >= 4 is 28.9 Å². The van der Waals surface area contributed by atoms with Crippen LogP contribution in [0.1, 0.15) is 0 Å². The minimum atomic E-state index is -0.664. The van der Waals surface area contributed by atoms with Gasteiger partial charge in [-0.25, -0.2) is 0 Å². The lowest BCUT2D eigenvalue weighted by Crippen LogP contribution is -2.20. The molecular weight excluding hydrogens is 277 g/mol. The molecule has 3 N–H and O–H groups in total. The van der Waals surface area contributed by atoms with Crippen molar-refractivity contribution in [1.29, 1.82) is 0 Å². The van der Waals surface area contributed by atoms with Gasteiger partial charge in [0, 0.05) is 12.2 Å². The fourth-order valence-electron chi connectivity index (χ4n) is 1.20. The van der Waals surface area contributed by atoms with Crippen molar-refractivity contribution in [3.8, 4) is 5.75 Å². The number of benzene rings is 1. The fourth-order valence-corrected chi connectivity index (χ4v) is 1.39. The third kappa shape index (κ3) is 5.78. The predicted molar refractivity (Wildman–Crippen MR) is 73.9 cm³/mol. The lowest BCUT2D eigenvalue weighted by atomic mass is 10.3. The Kier molecular flexibility index (Phi) is 7.20. The zero-order chi connectivity index (χ0) is 13.4. The third-order valence-electron chi connectivity index (χ3n) is 2.19. The lowest BCUT2D eigenvalue weighted by Gasteiger charge is -2.12. The summed E-state index contributed by atoms with van der Waals surface area (Å²) < 4.78 is 5.33. The van der Waals surface area contributed by atoms with E-state index in [1.807, 2.05) is 12.1 Å². The molecule has 4 nitrogen and oxygen atoms in total. The van der Waals surface area contributed by atoms with E-state index in [9.17, 15) is 10.2 Å². The summed E-state index contributed by atoms with van der Waals surface area (Å²) in [5.74, 6) is 1.00. The largest absolute Gasteiger partial charge is 0.491 e. The van der Waals surface area contributed by atoms with E-state index in [0.717, 1.165) is 5.69 Å². The first kappa shape index (κ1) is 15.4. The van der Waals surface area contributed by atoms with Gasteiger partial charge in [-0.2, -0.15) is 0 Å². The van der Waals surface area contributed by atoms with Gasteiger partial charge in [-0.1, -0.05) is 0 Å². The highest BCUT2D eigenvalue weighted by Gasteiger charge is 2.04. The van der Waals surface area contributed by atoms with E-state index in [4.69, 9.17) is 27.9 Å². The van der Waals surface area contributed by atoms with E-state index in [1.54, 1.807) is 12.1 Å². The van der Waals surface area contributed by atoms with Gasteiger partial charge in [0.2, 0.25) is 0 Å². The van der Waals surface area contributed by atoms with Crippen LogP contribution in [0.3, 0.4) is 0 Å². The zero-order valence-corrected chi connectivity index (χ0v) is 11.4. The Hall–Kier alpha value is -0.680. The number of anilines is 1. The van der Waals surface area contributed by atoms with Crippen LogP contribution in [0.2, 0.25) is 0 Å². The molecule has 0 saturated heterocycles. The number of rotatable bonds is 8. The molecule has 1 aromatic carbocycles. The van der Waals surface area contributed by atoms with Crippen LogP contribution in [-0.2, 0) is 0 Å². The van der Waals surface area contributed by atoms with E-state index in [2.05, 4.69) is 5.32 Å². The SMILES string of the molecule is OC(CCl)CNc1ccc(OCC(O)CCl)cc1. The van der Waals surface area contributed by atoms with Gasteiger partial charge < -0.3 is 20.3 Å². The summed E-state index contributed by atoms with van der Waals surface area (Å²) >= 11 is 10.9. The molecule has 0 aromatic heterocycles. The number of aliphatic hydroxyl groups is 2. The van der Waals surface area contributed by atoms with Crippen molar-refractivity contribution in [2.45, 2.75) is 12.2 Å². The summed E-state index contributed by atoms with van der Waals surface area (Å²) in [5.41, 5.74) is 0.865. The van der Waals surface area contributed by atoms with Crippen LogP contribution in [0.5, 0.6) is 5.75 Å². The van der Waals surface area contributed by atoms with Crippen LogP contribution in [0.15, 0.2) is 24.3 Å². The molecule has 0 aliphatic heterocycles. The summed E-state index contributed by atoms with van der Waals surface area (Å²) in [6.07, 6.45) is -1.23. The summed E-state index contributed by atoms with van der Waals surface area (Å²) in [7, 11) is 0. The van der Waals surface area contributed by atoms with Crippen molar-refractivity contribution in [2.75, 3.05) is 30.2 Å². The highest BCUT2D eigenvalue weighted by molar-refractivity contribution is 6.18. The van der Waals surface area contributed by atoms with Gasteiger partial charge >= 0.3 is 0 Å². The first-order valence-electron chi connectivity index (χ1n) is 5.60. The van der Waals surface area contributed by atoms with Gasteiger partial charge in [-0.05, 0) is 24.3 Å². The Labute approximate surface area is 116 Å². The number of hydrogen-bond acceptors (Lipinski definition) is 4. The first-order valence-corrected chi connectivity index (χ1v) is 6.67. The number of hydrogen-bond donors (Lipinski definition) is 3. The Morgan fingerprint density at radius 1 is 1.06 bits per heavy atom. The minimum absolute atomic E-state index is 0.149. The molecule has 18 heavy (non-hydrogen) atoms. The first-order chi connectivity index (χ1) is 8.65. The molecule has 0 radical (unpaired) electrons. The zero-order valence-electron chi connectivity index (χ0n) is 9.85. The monoisotopic (exact) mass is 293 g/mol. The Bertz CT molecular complexity index is 302. The van der Waals surface area contributed by atoms with Crippen molar-refractivity contribution in [1.82, 2.24) is 0 Å².